The van der Waals surface area contributed by atoms with Crippen LogP contribution in [-0.4, -0.2) is 43.6 Å². The summed E-state index contributed by atoms with van der Waals surface area (Å²) in [4.78, 5) is 1.40. The molecule has 0 spiro atoms. The minimum Gasteiger partial charge on any atom is -0.406 e. The van der Waals surface area contributed by atoms with Crippen LogP contribution in [0, 0.1) is 5.82 Å². The summed E-state index contributed by atoms with van der Waals surface area (Å²) >= 11 is 0. The van der Waals surface area contributed by atoms with E-state index in [2.05, 4.69) is 10.1 Å². The van der Waals surface area contributed by atoms with Crippen molar-refractivity contribution in [2.24, 2.45) is 0 Å². The lowest BCUT2D eigenvalue weighted by molar-refractivity contribution is -0.274. The molecule has 1 heterocycles. The molecule has 0 amide bonds. The molecule has 0 aromatic heterocycles. The molecule has 1 fully saturated rings. The molecule has 11 heteroatoms. The van der Waals surface area contributed by atoms with E-state index in [-0.39, 0.29) is 25.5 Å². The summed E-state index contributed by atoms with van der Waals surface area (Å²) in [5.74, 6) is -1.75. The van der Waals surface area contributed by atoms with E-state index in [9.17, 15) is 30.7 Å². The number of rotatable bonds is 4. The number of alkyl halides is 6. The zero-order valence-electron chi connectivity index (χ0n) is 12.8. The third-order valence-corrected chi connectivity index (χ3v) is 3.58. The third-order valence-electron chi connectivity index (χ3n) is 3.58. The van der Waals surface area contributed by atoms with E-state index in [1.807, 2.05) is 0 Å². The maximum absolute atomic E-state index is 14.0. The van der Waals surface area contributed by atoms with E-state index in [1.165, 1.54) is 4.90 Å². The fourth-order valence-corrected chi connectivity index (χ4v) is 2.62. The molecule has 0 unspecified atom stereocenters. The van der Waals surface area contributed by atoms with Gasteiger partial charge in [-0.05, 0) is 18.2 Å². The Balaban J connectivity index is 0.00000312. The van der Waals surface area contributed by atoms with Crippen LogP contribution >= 0.6 is 12.4 Å². The summed E-state index contributed by atoms with van der Waals surface area (Å²) in [6.45, 7) is 1.28. The van der Waals surface area contributed by atoms with E-state index < -0.39 is 42.1 Å². The second-order valence-electron chi connectivity index (χ2n) is 5.35. The predicted molar refractivity (Wildman–Crippen MR) is 78.2 cm³/mol. The SMILES string of the molecule is Cl.Fc1ccc(OC(F)(F)F)cc1[C@H](CC(F)(F)F)N1CCNCC1. The third kappa shape index (κ3) is 6.87. The van der Waals surface area contributed by atoms with Crippen molar-refractivity contribution < 1.29 is 35.5 Å². The molecule has 144 valence electrons. The first-order valence-corrected chi connectivity index (χ1v) is 7.12. The highest BCUT2D eigenvalue weighted by molar-refractivity contribution is 5.85. The summed E-state index contributed by atoms with van der Waals surface area (Å²) in [5, 5.41) is 2.95. The summed E-state index contributed by atoms with van der Waals surface area (Å²) in [5.41, 5.74) is -0.462. The Labute approximate surface area is 145 Å². The van der Waals surface area contributed by atoms with Crippen molar-refractivity contribution in [3.8, 4) is 5.75 Å². The summed E-state index contributed by atoms with van der Waals surface area (Å²) in [7, 11) is 0. The van der Waals surface area contributed by atoms with Gasteiger partial charge >= 0.3 is 12.5 Å². The van der Waals surface area contributed by atoms with Crippen molar-refractivity contribution in [2.45, 2.75) is 25.0 Å². The number of nitrogens with zero attached hydrogens (tertiary/aromatic N) is 1. The molecule has 25 heavy (non-hydrogen) atoms. The lowest BCUT2D eigenvalue weighted by atomic mass is 10.00. The van der Waals surface area contributed by atoms with Gasteiger partial charge in [0.2, 0.25) is 0 Å². The number of ether oxygens (including phenoxy) is 1. The average Bonchev–Trinajstić information content (AvgIpc) is 2.45. The average molecular weight is 397 g/mol. The van der Waals surface area contributed by atoms with E-state index in [0.717, 1.165) is 6.07 Å². The van der Waals surface area contributed by atoms with Gasteiger partial charge in [0.1, 0.15) is 11.6 Å². The van der Waals surface area contributed by atoms with Gasteiger partial charge in [0, 0.05) is 37.8 Å². The number of hydrogen-bond donors (Lipinski definition) is 1. The van der Waals surface area contributed by atoms with Crippen molar-refractivity contribution in [1.29, 1.82) is 0 Å². The number of halogens is 8. The smallest absolute Gasteiger partial charge is 0.406 e. The molecular formula is C14H16ClF7N2O. The van der Waals surface area contributed by atoms with Crippen LogP contribution in [0.1, 0.15) is 18.0 Å². The van der Waals surface area contributed by atoms with Crippen LogP contribution in [0.5, 0.6) is 5.75 Å². The molecule has 1 N–H and O–H groups in total. The van der Waals surface area contributed by atoms with E-state index in [1.54, 1.807) is 0 Å². The normalized spacial score (nSPS) is 17.7. The first kappa shape index (κ1) is 21.8. The quantitative estimate of drug-likeness (QED) is 0.777. The van der Waals surface area contributed by atoms with Crippen molar-refractivity contribution in [2.75, 3.05) is 26.2 Å². The van der Waals surface area contributed by atoms with Gasteiger partial charge in [-0.3, -0.25) is 4.90 Å². The first-order valence-electron chi connectivity index (χ1n) is 7.12. The lowest BCUT2D eigenvalue weighted by Crippen LogP contribution is -2.46. The van der Waals surface area contributed by atoms with Gasteiger partial charge in [-0.1, -0.05) is 0 Å². The second kappa shape index (κ2) is 8.41. The molecule has 1 aromatic carbocycles. The Morgan fingerprint density at radius 2 is 1.68 bits per heavy atom. The zero-order valence-corrected chi connectivity index (χ0v) is 13.6. The standard InChI is InChI=1S/C14H15F7N2O.ClH/c15-11-2-1-9(24-14(19,20)21)7-10(11)12(8-13(16,17)18)23-5-3-22-4-6-23;/h1-2,7,12,22H,3-6,8H2;1H/t12-;/m0./s1. The fourth-order valence-electron chi connectivity index (χ4n) is 2.62. The maximum atomic E-state index is 14.0. The molecular weight excluding hydrogens is 381 g/mol. The Hall–Kier alpha value is -1.26. The molecule has 1 aliphatic rings. The number of piperazine rings is 1. The van der Waals surface area contributed by atoms with Crippen LogP contribution in [0.25, 0.3) is 0 Å². The van der Waals surface area contributed by atoms with Crippen LogP contribution in [0.3, 0.4) is 0 Å². The maximum Gasteiger partial charge on any atom is 0.573 e. The number of nitrogens with one attached hydrogen (secondary N) is 1. The van der Waals surface area contributed by atoms with Gasteiger partial charge < -0.3 is 10.1 Å². The summed E-state index contributed by atoms with van der Waals surface area (Å²) in [6, 6.07) is 0.682. The molecule has 0 radical (unpaired) electrons. The largest absolute Gasteiger partial charge is 0.573 e. The molecule has 0 saturated carbocycles. The molecule has 1 atom stereocenters. The minimum atomic E-state index is -5.01. The van der Waals surface area contributed by atoms with E-state index in [4.69, 9.17) is 0 Å². The first-order chi connectivity index (χ1) is 11.1. The van der Waals surface area contributed by atoms with Crippen LogP contribution in [0.15, 0.2) is 18.2 Å². The highest BCUT2D eigenvalue weighted by atomic mass is 35.5. The minimum absolute atomic E-state index is 0. The van der Waals surface area contributed by atoms with Gasteiger partial charge in [-0.2, -0.15) is 13.2 Å². The lowest BCUT2D eigenvalue weighted by Gasteiger charge is -2.35. The summed E-state index contributed by atoms with van der Waals surface area (Å²) < 4.78 is 93.2. The topological polar surface area (TPSA) is 24.5 Å². The van der Waals surface area contributed by atoms with Crippen LogP contribution in [0.2, 0.25) is 0 Å². The zero-order chi connectivity index (χ0) is 18.0. The number of hydrogen-bond acceptors (Lipinski definition) is 3. The number of benzene rings is 1. The van der Waals surface area contributed by atoms with Gasteiger partial charge in [-0.15, -0.1) is 25.6 Å². The van der Waals surface area contributed by atoms with Crippen LogP contribution < -0.4 is 10.1 Å². The van der Waals surface area contributed by atoms with Crippen molar-refractivity contribution >= 4 is 12.4 Å². The van der Waals surface area contributed by atoms with Crippen molar-refractivity contribution in [3.63, 3.8) is 0 Å². The van der Waals surface area contributed by atoms with Crippen LogP contribution in [0.4, 0.5) is 30.7 Å². The molecule has 1 aromatic rings. The van der Waals surface area contributed by atoms with Gasteiger partial charge in [0.05, 0.1) is 6.42 Å². The van der Waals surface area contributed by atoms with Gasteiger partial charge in [-0.25, -0.2) is 4.39 Å². The van der Waals surface area contributed by atoms with E-state index in [0.29, 0.717) is 25.2 Å². The monoisotopic (exact) mass is 396 g/mol. The van der Waals surface area contributed by atoms with Crippen molar-refractivity contribution in [3.05, 3.63) is 29.6 Å². The molecule has 0 aliphatic carbocycles. The van der Waals surface area contributed by atoms with Crippen molar-refractivity contribution in [1.82, 2.24) is 10.2 Å². The molecule has 3 nitrogen and oxygen atoms in total. The molecule has 2 rings (SSSR count). The van der Waals surface area contributed by atoms with E-state index >= 15 is 0 Å². The summed E-state index contributed by atoms with van der Waals surface area (Å²) in [6.07, 6.45) is -11.0. The highest BCUT2D eigenvalue weighted by Gasteiger charge is 2.38. The Morgan fingerprint density at radius 1 is 1.08 bits per heavy atom. The second-order valence-corrected chi connectivity index (χ2v) is 5.35. The predicted octanol–water partition coefficient (Wildman–Crippen LogP) is 4.04. The van der Waals surface area contributed by atoms with Gasteiger partial charge in [0.25, 0.3) is 0 Å². The Kier molecular flexibility index (Phi) is 7.33. The fraction of sp³-hybridized carbons (Fsp3) is 0.571. The Bertz CT molecular complexity index is 559. The Morgan fingerprint density at radius 3 is 2.20 bits per heavy atom. The molecule has 0 bridgehead atoms. The van der Waals surface area contributed by atoms with Crippen LogP contribution in [-0.2, 0) is 0 Å². The van der Waals surface area contributed by atoms with Gasteiger partial charge in [0.15, 0.2) is 0 Å². The molecule has 1 saturated heterocycles. The molecule has 1 aliphatic heterocycles. The highest BCUT2D eigenvalue weighted by Crippen LogP contribution is 2.37.